The van der Waals surface area contributed by atoms with Crippen molar-refractivity contribution in [2.24, 2.45) is 0 Å². The number of rotatable bonds is 12. The zero-order chi connectivity index (χ0) is 20.2. The van der Waals surface area contributed by atoms with Gasteiger partial charge in [-0.15, -0.1) is 0 Å². The van der Waals surface area contributed by atoms with E-state index >= 15 is 0 Å². The molecule has 0 aliphatic heterocycles. The minimum Gasteiger partial charge on any atom is -0.287 e. The Morgan fingerprint density at radius 2 is 0.759 bits per heavy atom. The van der Waals surface area contributed by atoms with Gasteiger partial charge in [0.2, 0.25) is 0 Å². The summed E-state index contributed by atoms with van der Waals surface area (Å²) in [7, 11) is -3.63. The summed E-state index contributed by atoms with van der Waals surface area (Å²) in [4.78, 5) is 0. The maximum Gasteiger partial charge on any atom is 0.474 e. The van der Waals surface area contributed by atoms with Crippen LogP contribution < -0.4 is 0 Å². The van der Waals surface area contributed by atoms with Crippen LogP contribution >= 0.6 is 7.82 Å². The van der Waals surface area contributed by atoms with Gasteiger partial charge >= 0.3 is 7.82 Å². The number of phosphoric acid groups is 1. The smallest absolute Gasteiger partial charge is 0.287 e. The minimum atomic E-state index is -3.63. The van der Waals surface area contributed by atoms with Crippen molar-refractivity contribution in [1.29, 1.82) is 0 Å². The van der Waals surface area contributed by atoms with Gasteiger partial charge in [-0.1, -0.05) is 91.0 Å². The van der Waals surface area contributed by atoms with E-state index in [0.717, 1.165) is 16.7 Å². The van der Waals surface area contributed by atoms with Crippen LogP contribution in [0.2, 0.25) is 0 Å². The average Bonchev–Trinajstić information content (AvgIpc) is 2.76. The van der Waals surface area contributed by atoms with Crippen LogP contribution in [0.3, 0.4) is 0 Å². The maximum atomic E-state index is 13.1. The Labute approximate surface area is 173 Å². The Kier molecular flexibility index (Phi) is 8.66. The molecule has 0 radical (unpaired) electrons. The van der Waals surface area contributed by atoms with Gasteiger partial charge in [0, 0.05) is 0 Å². The third-order valence-electron chi connectivity index (χ3n) is 4.45. The molecule has 0 N–H and O–H groups in total. The summed E-state index contributed by atoms with van der Waals surface area (Å²) >= 11 is 0. The topological polar surface area (TPSA) is 44.8 Å². The second kappa shape index (κ2) is 11.7. The molecule has 0 aliphatic rings. The third kappa shape index (κ3) is 7.96. The fourth-order valence-corrected chi connectivity index (χ4v) is 4.04. The van der Waals surface area contributed by atoms with Crippen molar-refractivity contribution >= 4 is 7.82 Å². The first kappa shape index (κ1) is 21.5. The number of benzene rings is 3. The van der Waals surface area contributed by atoms with Crippen LogP contribution in [0.15, 0.2) is 91.0 Å². The minimum absolute atomic E-state index is 0.276. The Bertz CT molecular complexity index is 751. The van der Waals surface area contributed by atoms with Gasteiger partial charge in [-0.2, -0.15) is 0 Å². The van der Waals surface area contributed by atoms with Gasteiger partial charge in [-0.3, -0.25) is 13.6 Å². The predicted molar refractivity (Wildman–Crippen MR) is 116 cm³/mol. The molecular weight excluding hydrogens is 383 g/mol. The molecule has 0 heterocycles. The second-order valence-electron chi connectivity index (χ2n) is 6.65. The molecular formula is C24H27O4P. The largest absolute Gasteiger partial charge is 0.474 e. The van der Waals surface area contributed by atoms with Gasteiger partial charge in [0.15, 0.2) is 0 Å². The summed E-state index contributed by atoms with van der Waals surface area (Å²) in [6.07, 6.45) is 1.94. The molecule has 0 aliphatic carbocycles. The highest BCUT2D eigenvalue weighted by molar-refractivity contribution is 7.48. The highest BCUT2D eigenvalue weighted by Gasteiger charge is 2.26. The van der Waals surface area contributed by atoms with Crippen molar-refractivity contribution in [3.8, 4) is 0 Å². The molecule has 0 atom stereocenters. The van der Waals surface area contributed by atoms with Crippen LogP contribution in [0.25, 0.3) is 0 Å². The van der Waals surface area contributed by atoms with E-state index in [4.69, 9.17) is 13.6 Å². The molecule has 3 aromatic rings. The summed E-state index contributed by atoms with van der Waals surface area (Å²) in [6, 6.07) is 29.8. The fraction of sp³-hybridized carbons (Fsp3) is 0.250. The van der Waals surface area contributed by atoms with E-state index in [-0.39, 0.29) is 19.8 Å². The van der Waals surface area contributed by atoms with Crippen molar-refractivity contribution < 1.29 is 18.1 Å². The lowest BCUT2D eigenvalue weighted by molar-refractivity contribution is 0.116. The van der Waals surface area contributed by atoms with E-state index in [1.54, 1.807) is 0 Å². The van der Waals surface area contributed by atoms with Crippen LogP contribution in [-0.4, -0.2) is 19.8 Å². The van der Waals surface area contributed by atoms with Gasteiger partial charge in [-0.25, -0.2) is 4.57 Å². The Balaban J connectivity index is 1.52. The molecule has 4 nitrogen and oxygen atoms in total. The molecule has 3 rings (SSSR count). The first-order valence-electron chi connectivity index (χ1n) is 9.89. The Morgan fingerprint density at radius 1 is 0.483 bits per heavy atom. The molecule has 0 bridgehead atoms. The van der Waals surface area contributed by atoms with E-state index < -0.39 is 7.82 Å². The maximum absolute atomic E-state index is 13.1. The van der Waals surface area contributed by atoms with E-state index in [1.165, 1.54) is 0 Å². The van der Waals surface area contributed by atoms with Crippen molar-refractivity contribution in [3.63, 3.8) is 0 Å². The van der Waals surface area contributed by atoms with Gasteiger partial charge in [0.25, 0.3) is 0 Å². The Morgan fingerprint density at radius 3 is 1.03 bits per heavy atom. The summed E-state index contributed by atoms with van der Waals surface area (Å²) < 4.78 is 30.0. The molecule has 0 unspecified atom stereocenters. The van der Waals surface area contributed by atoms with Crippen molar-refractivity contribution in [2.75, 3.05) is 19.8 Å². The molecule has 0 saturated carbocycles. The Hall–Kier alpha value is -2.23. The lowest BCUT2D eigenvalue weighted by Gasteiger charge is -2.18. The standard InChI is InChI=1S/C24H27O4P/c25-29(26-19-16-22-10-4-1-5-11-22,27-20-17-23-12-6-2-7-13-23)28-21-18-24-14-8-3-9-15-24/h1-15H,16-21H2. The number of phosphoric ester groups is 1. The van der Waals surface area contributed by atoms with Crippen LogP contribution in [0.5, 0.6) is 0 Å². The SMILES string of the molecule is O=P(OCCc1ccccc1)(OCCc1ccccc1)OCCc1ccccc1. The summed E-state index contributed by atoms with van der Waals surface area (Å²) in [5.74, 6) is 0. The molecule has 0 fully saturated rings. The van der Waals surface area contributed by atoms with Crippen molar-refractivity contribution in [3.05, 3.63) is 108 Å². The molecule has 29 heavy (non-hydrogen) atoms. The zero-order valence-corrected chi connectivity index (χ0v) is 17.4. The summed E-state index contributed by atoms with van der Waals surface area (Å²) in [5, 5.41) is 0. The van der Waals surface area contributed by atoms with E-state index in [2.05, 4.69) is 0 Å². The highest BCUT2D eigenvalue weighted by Crippen LogP contribution is 2.49. The van der Waals surface area contributed by atoms with Gasteiger partial charge < -0.3 is 0 Å². The predicted octanol–water partition coefficient (Wildman–Crippen LogP) is 5.87. The molecule has 0 aromatic heterocycles. The molecule has 152 valence electrons. The van der Waals surface area contributed by atoms with E-state index in [1.807, 2.05) is 91.0 Å². The molecule has 5 heteroatoms. The highest BCUT2D eigenvalue weighted by atomic mass is 31.2. The van der Waals surface area contributed by atoms with Crippen LogP contribution in [-0.2, 0) is 37.4 Å². The monoisotopic (exact) mass is 410 g/mol. The zero-order valence-electron chi connectivity index (χ0n) is 16.5. The van der Waals surface area contributed by atoms with Crippen molar-refractivity contribution in [1.82, 2.24) is 0 Å². The van der Waals surface area contributed by atoms with Crippen LogP contribution in [0, 0.1) is 0 Å². The first-order valence-corrected chi connectivity index (χ1v) is 11.3. The molecule has 0 spiro atoms. The van der Waals surface area contributed by atoms with Gasteiger partial charge in [0.05, 0.1) is 19.8 Å². The number of hydrogen-bond acceptors (Lipinski definition) is 4. The molecule has 3 aromatic carbocycles. The van der Waals surface area contributed by atoms with Gasteiger partial charge in [-0.05, 0) is 36.0 Å². The summed E-state index contributed by atoms with van der Waals surface area (Å²) in [5.41, 5.74) is 3.35. The number of hydrogen-bond donors (Lipinski definition) is 0. The second-order valence-corrected chi connectivity index (χ2v) is 8.32. The summed E-state index contributed by atoms with van der Waals surface area (Å²) in [6.45, 7) is 0.827. The normalized spacial score (nSPS) is 11.4. The van der Waals surface area contributed by atoms with E-state index in [0.29, 0.717) is 19.3 Å². The first-order chi connectivity index (χ1) is 14.2. The van der Waals surface area contributed by atoms with Crippen LogP contribution in [0.4, 0.5) is 0 Å². The third-order valence-corrected chi connectivity index (χ3v) is 5.95. The van der Waals surface area contributed by atoms with Crippen molar-refractivity contribution in [2.45, 2.75) is 19.3 Å². The fourth-order valence-electron chi connectivity index (χ4n) is 2.87. The lowest BCUT2D eigenvalue weighted by atomic mass is 10.2. The van der Waals surface area contributed by atoms with Gasteiger partial charge in [0.1, 0.15) is 0 Å². The van der Waals surface area contributed by atoms with E-state index in [9.17, 15) is 4.57 Å². The van der Waals surface area contributed by atoms with Crippen LogP contribution in [0.1, 0.15) is 16.7 Å². The lowest BCUT2D eigenvalue weighted by Crippen LogP contribution is -2.07. The molecule has 0 saturated heterocycles. The quantitative estimate of drug-likeness (QED) is 0.350. The average molecular weight is 410 g/mol. The molecule has 0 amide bonds.